The predicted octanol–water partition coefficient (Wildman–Crippen LogP) is 3.93. The van der Waals surface area contributed by atoms with Gasteiger partial charge in [0.05, 0.1) is 11.8 Å². The van der Waals surface area contributed by atoms with Gasteiger partial charge in [0.15, 0.2) is 0 Å². The van der Waals surface area contributed by atoms with Crippen LogP contribution in [0.1, 0.15) is 52.4 Å². The highest BCUT2D eigenvalue weighted by molar-refractivity contribution is 5.95. The number of nitrogens with zero attached hydrogens (tertiary/aromatic N) is 2. The van der Waals surface area contributed by atoms with Crippen molar-refractivity contribution in [3.05, 3.63) is 12.2 Å². The maximum atomic E-state index is 9.62. The molecule has 0 saturated heterocycles. The van der Waals surface area contributed by atoms with E-state index in [-0.39, 0.29) is 0 Å². The van der Waals surface area contributed by atoms with Crippen molar-refractivity contribution >= 4 is 5.71 Å². The Labute approximate surface area is 129 Å². The van der Waals surface area contributed by atoms with Crippen molar-refractivity contribution < 1.29 is 5.21 Å². The van der Waals surface area contributed by atoms with E-state index in [0.717, 1.165) is 30.6 Å². The molecule has 0 spiro atoms. The molecule has 0 aromatic rings. The molecule has 2 saturated carbocycles. The number of allylic oxidation sites excluding steroid dienone is 2. The summed E-state index contributed by atoms with van der Waals surface area (Å²) >= 11 is 0. The fraction of sp³-hybridized carbons (Fsp3) is 0.833. The first kappa shape index (κ1) is 15.1. The summed E-state index contributed by atoms with van der Waals surface area (Å²) in [6, 6.07) is 0.416. The van der Waals surface area contributed by atoms with E-state index in [1.165, 1.54) is 38.5 Å². The van der Waals surface area contributed by atoms with Crippen LogP contribution < -0.4 is 0 Å². The number of oxime groups is 1. The van der Waals surface area contributed by atoms with E-state index in [4.69, 9.17) is 0 Å². The van der Waals surface area contributed by atoms with Crippen LogP contribution in [-0.2, 0) is 0 Å². The van der Waals surface area contributed by atoms with E-state index < -0.39 is 0 Å². The molecule has 0 heterocycles. The third kappa shape index (κ3) is 2.54. The van der Waals surface area contributed by atoms with Gasteiger partial charge in [0, 0.05) is 5.92 Å². The fourth-order valence-corrected chi connectivity index (χ4v) is 5.03. The minimum Gasteiger partial charge on any atom is -0.411 e. The normalized spacial score (nSPS) is 38.8. The van der Waals surface area contributed by atoms with Crippen molar-refractivity contribution in [2.75, 3.05) is 13.1 Å². The van der Waals surface area contributed by atoms with E-state index in [1.807, 2.05) is 0 Å². The molecule has 2 bridgehead atoms. The van der Waals surface area contributed by atoms with Crippen LogP contribution in [0.15, 0.2) is 17.3 Å². The van der Waals surface area contributed by atoms with Crippen LogP contribution in [0.2, 0.25) is 0 Å². The second kappa shape index (κ2) is 6.51. The quantitative estimate of drug-likeness (QED) is 0.438. The van der Waals surface area contributed by atoms with Crippen LogP contribution in [0, 0.1) is 23.7 Å². The molecule has 21 heavy (non-hydrogen) atoms. The van der Waals surface area contributed by atoms with Crippen LogP contribution in [0.3, 0.4) is 0 Å². The summed E-state index contributed by atoms with van der Waals surface area (Å²) < 4.78 is 0. The van der Waals surface area contributed by atoms with Gasteiger partial charge in [-0.15, -0.1) is 0 Å². The van der Waals surface area contributed by atoms with Crippen LogP contribution >= 0.6 is 0 Å². The molecule has 2 fully saturated rings. The summed E-state index contributed by atoms with van der Waals surface area (Å²) in [5.41, 5.74) is 1.10. The Bertz CT molecular complexity index is 409. The van der Waals surface area contributed by atoms with Gasteiger partial charge in [0.1, 0.15) is 0 Å². The molecular formula is C18H30N2O. The van der Waals surface area contributed by atoms with Crippen LogP contribution in [-0.4, -0.2) is 35.0 Å². The number of hydrogen-bond donors (Lipinski definition) is 1. The average molecular weight is 290 g/mol. The first-order valence-corrected chi connectivity index (χ1v) is 8.94. The van der Waals surface area contributed by atoms with Crippen molar-refractivity contribution in [2.45, 2.75) is 58.4 Å². The molecule has 0 radical (unpaired) electrons. The van der Waals surface area contributed by atoms with Gasteiger partial charge in [-0.3, -0.25) is 4.90 Å². The number of unbranched alkanes of at least 4 members (excludes halogenated alkanes) is 2. The molecule has 1 N–H and O–H groups in total. The molecule has 0 aromatic heterocycles. The molecule has 3 aliphatic rings. The molecular weight excluding hydrogens is 260 g/mol. The largest absolute Gasteiger partial charge is 0.411 e. The van der Waals surface area contributed by atoms with Crippen molar-refractivity contribution in [3.63, 3.8) is 0 Å². The lowest BCUT2D eigenvalue weighted by Gasteiger charge is -2.39. The molecule has 0 aromatic carbocycles. The van der Waals surface area contributed by atoms with Gasteiger partial charge in [-0.05, 0) is 56.5 Å². The van der Waals surface area contributed by atoms with Crippen molar-refractivity contribution in [1.29, 1.82) is 0 Å². The monoisotopic (exact) mass is 290 g/mol. The summed E-state index contributed by atoms with van der Waals surface area (Å²) in [7, 11) is 0. The van der Waals surface area contributed by atoms with Gasteiger partial charge in [-0.25, -0.2) is 0 Å². The molecule has 3 rings (SSSR count). The summed E-state index contributed by atoms with van der Waals surface area (Å²) in [6.07, 6.45) is 12.2. The van der Waals surface area contributed by atoms with Crippen molar-refractivity contribution in [2.24, 2.45) is 28.8 Å². The number of fused-ring (bicyclic) bond motifs is 5. The zero-order valence-corrected chi connectivity index (χ0v) is 13.5. The second-order valence-corrected chi connectivity index (χ2v) is 7.12. The van der Waals surface area contributed by atoms with Crippen LogP contribution in [0.5, 0.6) is 0 Å². The molecule has 3 heteroatoms. The molecule has 0 unspecified atom stereocenters. The zero-order valence-electron chi connectivity index (χ0n) is 13.5. The second-order valence-electron chi connectivity index (χ2n) is 7.12. The fourth-order valence-electron chi connectivity index (χ4n) is 5.03. The van der Waals surface area contributed by atoms with Crippen LogP contribution in [0.25, 0.3) is 0 Å². The predicted molar refractivity (Wildman–Crippen MR) is 86.7 cm³/mol. The van der Waals surface area contributed by atoms with Crippen LogP contribution in [0.4, 0.5) is 0 Å². The maximum absolute atomic E-state index is 9.62. The Morgan fingerprint density at radius 2 is 1.90 bits per heavy atom. The average Bonchev–Trinajstić information content (AvgIpc) is 3.18. The smallest absolute Gasteiger partial charge is 0.0781 e. The summed E-state index contributed by atoms with van der Waals surface area (Å²) in [4.78, 5) is 2.64. The minimum absolute atomic E-state index is 0.416. The first-order chi connectivity index (χ1) is 10.3. The number of hydrogen-bond acceptors (Lipinski definition) is 3. The molecule has 3 nitrogen and oxygen atoms in total. The number of rotatable bonds is 7. The van der Waals surface area contributed by atoms with E-state index in [0.29, 0.717) is 17.9 Å². The molecule has 118 valence electrons. The lowest BCUT2D eigenvalue weighted by Crippen LogP contribution is -2.49. The van der Waals surface area contributed by atoms with Gasteiger partial charge < -0.3 is 5.21 Å². The molecule has 0 aliphatic heterocycles. The standard InChI is InChI=1S/C18H30N2O/c1-3-5-10-20(11-6-4-2)18-16-12-15(17(18)19-21)13-8-7-9-14(13)16/h7-8,13-16,18,21H,3-6,9-12H2,1-2H3/b19-17+/t13-,14-,15+,16+,18-/m0/s1. The van der Waals surface area contributed by atoms with Crippen molar-refractivity contribution in [3.8, 4) is 0 Å². The Morgan fingerprint density at radius 3 is 2.52 bits per heavy atom. The Kier molecular flexibility index (Phi) is 4.68. The molecule has 3 aliphatic carbocycles. The Balaban J connectivity index is 1.78. The third-order valence-corrected chi connectivity index (χ3v) is 6.00. The Morgan fingerprint density at radius 1 is 1.19 bits per heavy atom. The highest BCUT2D eigenvalue weighted by Gasteiger charge is 2.57. The lowest BCUT2D eigenvalue weighted by atomic mass is 9.77. The van der Waals surface area contributed by atoms with E-state index in [2.05, 4.69) is 36.1 Å². The maximum Gasteiger partial charge on any atom is 0.0781 e. The summed E-state index contributed by atoms with van der Waals surface area (Å²) in [5.74, 6) is 2.71. The van der Waals surface area contributed by atoms with Gasteiger partial charge in [0.25, 0.3) is 0 Å². The molecule has 0 amide bonds. The topological polar surface area (TPSA) is 35.8 Å². The highest BCUT2D eigenvalue weighted by atomic mass is 16.4. The first-order valence-electron chi connectivity index (χ1n) is 8.94. The molecule has 5 atom stereocenters. The summed E-state index contributed by atoms with van der Waals surface area (Å²) in [5, 5.41) is 13.4. The van der Waals surface area contributed by atoms with Crippen molar-refractivity contribution in [1.82, 2.24) is 4.90 Å². The lowest BCUT2D eigenvalue weighted by molar-refractivity contribution is 0.151. The van der Waals surface area contributed by atoms with E-state index in [9.17, 15) is 5.21 Å². The summed E-state index contributed by atoms with van der Waals surface area (Å²) in [6.45, 7) is 6.84. The highest BCUT2D eigenvalue weighted by Crippen LogP contribution is 2.56. The SMILES string of the molecule is CCCCN(CCCC)[C@@H]1/C(=N/O)[C@@H]2C[C@@H]1[C@H]1CC=C[C@@H]12. The van der Waals surface area contributed by atoms with E-state index in [1.54, 1.807) is 0 Å². The van der Waals surface area contributed by atoms with Gasteiger partial charge in [-0.2, -0.15) is 0 Å². The van der Waals surface area contributed by atoms with Gasteiger partial charge in [0.2, 0.25) is 0 Å². The zero-order chi connectivity index (χ0) is 14.8. The Hall–Kier alpha value is -0.830. The van der Waals surface area contributed by atoms with Gasteiger partial charge in [-0.1, -0.05) is 44.0 Å². The van der Waals surface area contributed by atoms with E-state index >= 15 is 0 Å². The minimum atomic E-state index is 0.416. The van der Waals surface area contributed by atoms with Gasteiger partial charge >= 0.3 is 0 Å². The third-order valence-electron chi connectivity index (χ3n) is 6.00.